The van der Waals surface area contributed by atoms with Crippen molar-refractivity contribution in [2.24, 2.45) is 0 Å². The van der Waals surface area contributed by atoms with Crippen LogP contribution in [0.3, 0.4) is 0 Å². The molecule has 0 atom stereocenters. The van der Waals surface area contributed by atoms with E-state index in [-0.39, 0.29) is 5.78 Å². The summed E-state index contributed by atoms with van der Waals surface area (Å²) in [6.45, 7) is 0.772. The van der Waals surface area contributed by atoms with Crippen molar-refractivity contribution in [2.45, 2.75) is 19.3 Å². The molecule has 0 aliphatic rings. The molecule has 0 saturated heterocycles. The number of anilines is 2. The molecule has 3 aromatic carbocycles. The molecule has 32 heavy (non-hydrogen) atoms. The molecule has 0 aliphatic carbocycles. The van der Waals surface area contributed by atoms with Crippen LogP contribution in [0.15, 0.2) is 79.1 Å². The molecule has 0 saturated carbocycles. The van der Waals surface area contributed by atoms with Gasteiger partial charge in [-0.2, -0.15) is 0 Å². The number of nitrogens with zero attached hydrogens (tertiary/aromatic N) is 3. The van der Waals surface area contributed by atoms with Crippen LogP contribution in [0.4, 0.5) is 11.5 Å². The zero-order chi connectivity index (χ0) is 22.3. The molecule has 0 fully saturated rings. The van der Waals surface area contributed by atoms with Gasteiger partial charge in [0.1, 0.15) is 17.9 Å². The fourth-order valence-electron chi connectivity index (χ4n) is 3.73. The largest absolute Gasteiger partial charge is 0.378 e. The van der Waals surface area contributed by atoms with Crippen LogP contribution in [0, 0.1) is 0 Å². The SMILES string of the molecule is CN(C)c1ccc2c(NCCc3ccc(CC(=O)Cc4ccccc4)cc3)ncnc2c1. The van der Waals surface area contributed by atoms with Gasteiger partial charge in [-0.05, 0) is 41.3 Å². The lowest BCUT2D eigenvalue weighted by Gasteiger charge is -2.14. The van der Waals surface area contributed by atoms with Crippen LogP contribution in [0.2, 0.25) is 0 Å². The van der Waals surface area contributed by atoms with Gasteiger partial charge in [-0.15, -0.1) is 0 Å². The Hall–Kier alpha value is -3.73. The molecule has 4 aromatic rings. The predicted octanol–water partition coefficient (Wildman–Crippen LogP) is 4.70. The van der Waals surface area contributed by atoms with Crippen LogP contribution < -0.4 is 10.2 Å². The fourth-order valence-corrected chi connectivity index (χ4v) is 3.73. The highest BCUT2D eigenvalue weighted by Gasteiger charge is 2.07. The van der Waals surface area contributed by atoms with Crippen molar-refractivity contribution in [3.63, 3.8) is 0 Å². The molecule has 0 radical (unpaired) electrons. The molecule has 5 heteroatoms. The van der Waals surface area contributed by atoms with Crippen LogP contribution in [-0.4, -0.2) is 36.4 Å². The lowest BCUT2D eigenvalue weighted by molar-refractivity contribution is -0.117. The van der Waals surface area contributed by atoms with E-state index in [1.54, 1.807) is 6.33 Å². The molecule has 1 heterocycles. The molecule has 0 spiro atoms. The second-order valence-corrected chi connectivity index (χ2v) is 8.19. The molecule has 0 aliphatic heterocycles. The van der Waals surface area contributed by atoms with Crippen LogP contribution >= 0.6 is 0 Å². The number of benzene rings is 3. The molecule has 5 nitrogen and oxygen atoms in total. The van der Waals surface area contributed by atoms with E-state index in [0.29, 0.717) is 12.8 Å². The van der Waals surface area contributed by atoms with Gasteiger partial charge < -0.3 is 10.2 Å². The Morgan fingerprint density at radius 1 is 0.844 bits per heavy atom. The van der Waals surface area contributed by atoms with Gasteiger partial charge in [0.15, 0.2) is 0 Å². The second-order valence-electron chi connectivity index (χ2n) is 8.19. The summed E-state index contributed by atoms with van der Waals surface area (Å²) in [6, 6.07) is 24.4. The van der Waals surface area contributed by atoms with Gasteiger partial charge >= 0.3 is 0 Å². The number of rotatable bonds is 9. The Bertz CT molecular complexity index is 1190. The summed E-state index contributed by atoms with van der Waals surface area (Å²) in [5, 5.41) is 4.46. The summed E-state index contributed by atoms with van der Waals surface area (Å²) in [4.78, 5) is 23.2. The van der Waals surface area contributed by atoms with Crippen molar-refractivity contribution in [1.82, 2.24) is 9.97 Å². The summed E-state index contributed by atoms with van der Waals surface area (Å²) < 4.78 is 0. The van der Waals surface area contributed by atoms with Gasteiger partial charge in [0.25, 0.3) is 0 Å². The van der Waals surface area contributed by atoms with E-state index in [1.807, 2.05) is 44.4 Å². The number of fused-ring (bicyclic) bond motifs is 1. The van der Waals surface area contributed by atoms with Gasteiger partial charge in [0.05, 0.1) is 5.52 Å². The normalized spacial score (nSPS) is 10.8. The fraction of sp³-hybridized carbons (Fsp3) is 0.222. The Morgan fingerprint density at radius 3 is 2.25 bits per heavy atom. The smallest absolute Gasteiger partial charge is 0.141 e. The van der Waals surface area contributed by atoms with E-state index in [4.69, 9.17) is 0 Å². The highest BCUT2D eigenvalue weighted by Crippen LogP contribution is 2.23. The molecule has 1 N–H and O–H groups in total. The monoisotopic (exact) mass is 424 g/mol. The first-order chi connectivity index (χ1) is 15.6. The number of aromatic nitrogens is 2. The minimum Gasteiger partial charge on any atom is -0.378 e. The van der Waals surface area contributed by atoms with Gasteiger partial charge in [-0.3, -0.25) is 4.79 Å². The maximum atomic E-state index is 12.3. The number of nitrogens with one attached hydrogen (secondary N) is 1. The molecule has 0 bridgehead atoms. The molecule has 1 aromatic heterocycles. The van der Waals surface area contributed by atoms with E-state index >= 15 is 0 Å². The first kappa shape index (κ1) is 21.5. The topological polar surface area (TPSA) is 58.1 Å². The lowest BCUT2D eigenvalue weighted by atomic mass is 10.0. The van der Waals surface area contributed by atoms with E-state index in [1.165, 1.54) is 5.56 Å². The molecule has 4 rings (SSSR count). The average molecular weight is 425 g/mol. The minimum absolute atomic E-state index is 0.235. The van der Waals surface area contributed by atoms with Gasteiger partial charge in [-0.1, -0.05) is 54.6 Å². The van der Waals surface area contributed by atoms with Crippen molar-refractivity contribution >= 4 is 28.2 Å². The van der Waals surface area contributed by atoms with Gasteiger partial charge in [0.2, 0.25) is 0 Å². The van der Waals surface area contributed by atoms with E-state index in [2.05, 4.69) is 62.6 Å². The van der Waals surface area contributed by atoms with Crippen LogP contribution in [0.5, 0.6) is 0 Å². The third-order valence-electron chi connectivity index (χ3n) is 5.51. The summed E-state index contributed by atoms with van der Waals surface area (Å²) in [6.07, 6.45) is 3.43. The van der Waals surface area contributed by atoms with Crippen molar-refractivity contribution in [1.29, 1.82) is 0 Å². The van der Waals surface area contributed by atoms with Crippen molar-refractivity contribution in [2.75, 3.05) is 30.9 Å². The van der Waals surface area contributed by atoms with Crippen molar-refractivity contribution in [3.05, 3.63) is 95.8 Å². The minimum atomic E-state index is 0.235. The number of carbonyl (C=O) groups is 1. The van der Waals surface area contributed by atoms with E-state index < -0.39 is 0 Å². The maximum Gasteiger partial charge on any atom is 0.141 e. The third-order valence-corrected chi connectivity index (χ3v) is 5.51. The summed E-state index contributed by atoms with van der Waals surface area (Å²) in [5.74, 6) is 1.09. The van der Waals surface area contributed by atoms with Crippen LogP contribution in [0.25, 0.3) is 10.9 Å². The molecule has 0 amide bonds. The van der Waals surface area contributed by atoms with E-state index in [9.17, 15) is 4.79 Å². The quantitative estimate of drug-likeness (QED) is 0.422. The molecular formula is C27H28N4O. The predicted molar refractivity (Wildman–Crippen MR) is 131 cm³/mol. The van der Waals surface area contributed by atoms with Crippen LogP contribution in [0.1, 0.15) is 16.7 Å². The van der Waals surface area contributed by atoms with Gasteiger partial charge in [0, 0.05) is 44.6 Å². The van der Waals surface area contributed by atoms with Crippen molar-refractivity contribution < 1.29 is 4.79 Å². The molecular weight excluding hydrogens is 396 g/mol. The zero-order valence-electron chi connectivity index (χ0n) is 18.6. The Balaban J connectivity index is 1.31. The van der Waals surface area contributed by atoms with Crippen molar-refractivity contribution in [3.8, 4) is 0 Å². The number of Topliss-reactive ketones (excluding diaryl/α,β-unsaturated/α-hetero) is 1. The Kier molecular flexibility index (Phi) is 6.75. The highest BCUT2D eigenvalue weighted by molar-refractivity contribution is 5.91. The average Bonchev–Trinajstić information content (AvgIpc) is 2.80. The Morgan fingerprint density at radius 2 is 1.53 bits per heavy atom. The number of hydrogen-bond donors (Lipinski definition) is 1. The van der Waals surface area contributed by atoms with Crippen LogP contribution in [-0.2, 0) is 24.1 Å². The summed E-state index contributed by atoms with van der Waals surface area (Å²) in [5.41, 5.74) is 5.39. The summed E-state index contributed by atoms with van der Waals surface area (Å²) >= 11 is 0. The lowest BCUT2D eigenvalue weighted by Crippen LogP contribution is -2.09. The standard InChI is InChI=1S/C27H28N4O/c1-31(2)23-12-13-25-26(18-23)29-19-30-27(25)28-15-14-20-8-10-22(11-9-20)17-24(32)16-21-6-4-3-5-7-21/h3-13,18-19H,14-17H2,1-2H3,(H,28,29,30). The number of carbonyl (C=O) groups excluding carboxylic acids is 1. The molecule has 0 unspecified atom stereocenters. The first-order valence-corrected chi connectivity index (χ1v) is 10.9. The summed E-state index contributed by atoms with van der Waals surface area (Å²) in [7, 11) is 4.04. The third kappa shape index (κ3) is 5.49. The second kappa shape index (κ2) is 10.1. The Labute approximate surface area is 189 Å². The first-order valence-electron chi connectivity index (χ1n) is 10.9. The molecule has 162 valence electrons. The maximum absolute atomic E-state index is 12.3. The highest BCUT2D eigenvalue weighted by atomic mass is 16.1. The van der Waals surface area contributed by atoms with Gasteiger partial charge in [-0.25, -0.2) is 9.97 Å². The number of ketones is 1. The zero-order valence-corrected chi connectivity index (χ0v) is 18.6. The van der Waals surface area contributed by atoms with E-state index in [0.717, 1.165) is 46.5 Å². The number of hydrogen-bond acceptors (Lipinski definition) is 5.